The predicted octanol–water partition coefficient (Wildman–Crippen LogP) is 3.21. The van der Waals surface area contributed by atoms with Gasteiger partial charge in [0.2, 0.25) is 0 Å². The lowest BCUT2D eigenvalue weighted by Gasteiger charge is -2.43. The highest BCUT2D eigenvalue weighted by atomic mass is 32.1. The first kappa shape index (κ1) is 10.7. The Morgan fingerprint density at radius 2 is 1.88 bits per heavy atom. The van der Waals surface area contributed by atoms with Crippen LogP contribution in [0.5, 0.6) is 0 Å². The molecular formula is C12H15F2NS. The Labute approximate surface area is 97.7 Å². The molecule has 2 aliphatic carbocycles. The molecule has 1 saturated carbocycles. The average Bonchev–Trinajstić information content (AvgIpc) is 2.57. The lowest BCUT2D eigenvalue weighted by atomic mass is 9.73. The topological polar surface area (TPSA) is 26.0 Å². The van der Waals surface area contributed by atoms with Crippen molar-refractivity contribution in [3.63, 3.8) is 0 Å². The Balaban J connectivity index is 1.88. The number of thiophene rings is 1. The van der Waals surface area contributed by atoms with Crippen LogP contribution >= 0.6 is 11.3 Å². The van der Waals surface area contributed by atoms with Gasteiger partial charge in [-0.3, -0.25) is 0 Å². The van der Waals surface area contributed by atoms with Gasteiger partial charge in [0, 0.05) is 22.6 Å². The Morgan fingerprint density at radius 3 is 2.50 bits per heavy atom. The molecule has 0 saturated heterocycles. The summed E-state index contributed by atoms with van der Waals surface area (Å²) in [5.41, 5.74) is 6.65. The third kappa shape index (κ3) is 1.59. The van der Waals surface area contributed by atoms with Crippen molar-refractivity contribution in [3.05, 3.63) is 21.4 Å². The molecule has 1 aromatic rings. The molecule has 0 aromatic carbocycles. The maximum Gasteiger partial charge on any atom is 0.252 e. The second-order valence-electron chi connectivity index (χ2n) is 5.13. The standard InChI is InChI=1S/C12H15F2NS/c13-12(14)6-11(15,7-12)10-5-8-3-1-2-4-9(8)16-10/h5H,1-4,6-7,15H2. The van der Waals surface area contributed by atoms with Crippen LogP contribution < -0.4 is 5.73 Å². The number of nitrogens with two attached hydrogens (primary N) is 1. The first-order chi connectivity index (χ1) is 7.49. The van der Waals surface area contributed by atoms with E-state index in [4.69, 9.17) is 5.73 Å². The van der Waals surface area contributed by atoms with Gasteiger partial charge in [-0.15, -0.1) is 11.3 Å². The summed E-state index contributed by atoms with van der Waals surface area (Å²) in [6.45, 7) is 0. The zero-order valence-corrected chi connectivity index (χ0v) is 9.88. The molecule has 0 bridgehead atoms. The third-order valence-corrected chi connectivity index (χ3v) is 5.09. The van der Waals surface area contributed by atoms with Crippen LogP contribution in [0.15, 0.2) is 6.07 Å². The quantitative estimate of drug-likeness (QED) is 0.805. The summed E-state index contributed by atoms with van der Waals surface area (Å²) in [7, 11) is 0. The van der Waals surface area contributed by atoms with Crippen LogP contribution in [0.1, 0.15) is 41.0 Å². The molecule has 0 spiro atoms. The molecular weight excluding hydrogens is 228 g/mol. The minimum Gasteiger partial charge on any atom is -0.320 e. The van der Waals surface area contributed by atoms with E-state index >= 15 is 0 Å². The second kappa shape index (κ2) is 3.26. The second-order valence-corrected chi connectivity index (χ2v) is 6.27. The molecule has 2 N–H and O–H groups in total. The largest absolute Gasteiger partial charge is 0.320 e. The Morgan fingerprint density at radius 1 is 1.19 bits per heavy atom. The average molecular weight is 243 g/mol. The molecule has 1 aromatic heterocycles. The molecule has 0 aliphatic heterocycles. The number of fused-ring (bicyclic) bond motifs is 1. The van der Waals surface area contributed by atoms with Crippen LogP contribution in [0, 0.1) is 0 Å². The van der Waals surface area contributed by atoms with E-state index in [1.807, 2.05) is 0 Å². The van der Waals surface area contributed by atoms with Gasteiger partial charge in [0.05, 0.1) is 5.54 Å². The monoisotopic (exact) mass is 243 g/mol. The molecule has 0 unspecified atom stereocenters. The number of hydrogen-bond donors (Lipinski definition) is 1. The van der Waals surface area contributed by atoms with Gasteiger partial charge in [-0.05, 0) is 37.3 Å². The molecule has 4 heteroatoms. The van der Waals surface area contributed by atoms with Gasteiger partial charge in [0.25, 0.3) is 5.92 Å². The predicted molar refractivity (Wildman–Crippen MR) is 61.0 cm³/mol. The molecule has 16 heavy (non-hydrogen) atoms. The van der Waals surface area contributed by atoms with Crippen LogP contribution in [0.25, 0.3) is 0 Å². The summed E-state index contributed by atoms with van der Waals surface area (Å²) >= 11 is 1.66. The van der Waals surface area contributed by atoms with Crippen molar-refractivity contribution in [2.45, 2.75) is 50.0 Å². The molecule has 2 aliphatic rings. The lowest BCUT2D eigenvalue weighted by Crippen LogP contribution is -2.55. The van der Waals surface area contributed by atoms with Gasteiger partial charge in [0.1, 0.15) is 0 Å². The van der Waals surface area contributed by atoms with E-state index in [9.17, 15) is 8.78 Å². The van der Waals surface area contributed by atoms with Crippen LogP contribution in [0.3, 0.4) is 0 Å². The highest BCUT2D eigenvalue weighted by molar-refractivity contribution is 7.12. The highest BCUT2D eigenvalue weighted by Crippen LogP contribution is 2.52. The van der Waals surface area contributed by atoms with Crippen molar-refractivity contribution in [3.8, 4) is 0 Å². The first-order valence-electron chi connectivity index (χ1n) is 5.77. The summed E-state index contributed by atoms with van der Waals surface area (Å²) in [6, 6.07) is 2.08. The van der Waals surface area contributed by atoms with Crippen LogP contribution in [-0.2, 0) is 18.4 Å². The zero-order chi connectivity index (χ0) is 11.4. The first-order valence-corrected chi connectivity index (χ1v) is 6.59. The SMILES string of the molecule is NC1(c2cc3c(s2)CCCC3)CC(F)(F)C1. The fraction of sp³-hybridized carbons (Fsp3) is 0.667. The third-order valence-electron chi connectivity index (χ3n) is 3.64. The molecule has 1 nitrogen and oxygen atoms in total. The van der Waals surface area contributed by atoms with Gasteiger partial charge in [-0.1, -0.05) is 0 Å². The van der Waals surface area contributed by atoms with Gasteiger partial charge >= 0.3 is 0 Å². The molecule has 0 atom stereocenters. The number of halogens is 2. The van der Waals surface area contributed by atoms with Gasteiger partial charge < -0.3 is 5.73 Å². The normalized spacial score (nSPS) is 25.9. The van der Waals surface area contributed by atoms with E-state index in [0.29, 0.717) is 0 Å². The van der Waals surface area contributed by atoms with E-state index in [2.05, 4.69) is 6.07 Å². The van der Waals surface area contributed by atoms with Crippen molar-refractivity contribution >= 4 is 11.3 Å². The van der Waals surface area contributed by atoms with Crippen molar-refractivity contribution in [1.82, 2.24) is 0 Å². The number of aryl methyl sites for hydroxylation is 2. The van der Waals surface area contributed by atoms with Crippen molar-refractivity contribution in [2.75, 3.05) is 0 Å². The summed E-state index contributed by atoms with van der Waals surface area (Å²) in [5.74, 6) is -2.54. The smallest absolute Gasteiger partial charge is 0.252 e. The minimum absolute atomic E-state index is 0.181. The lowest BCUT2D eigenvalue weighted by molar-refractivity contribution is -0.123. The van der Waals surface area contributed by atoms with Crippen LogP contribution in [0.4, 0.5) is 8.78 Å². The van der Waals surface area contributed by atoms with Crippen molar-refractivity contribution < 1.29 is 8.78 Å². The summed E-state index contributed by atoms with van der Waals surface area (Å²) < 4.78 is 25.9. The fourth-order valence-corrected chi connectivity index (χ4v) is 4.13. The minimum atomic E-state index is -2.54. The van der Waals surface area contributed by atoms with Crippen molar-refractivity contribution in [1.29, 1.82) is 0 Å². The molecule has 3 rings (SSSR count). The van der Waals surface area contributed by atoms with E-state index in [1.54, 1.807) is 11.3 Å². The number of hydrogen-bond acceptors (Lipinski definition) is 2. The van der Waals surface area contributed by atoms with E-state index in [0.717, 1.165) is 17.7 Å². The maximum atomic E-state index is 12.9. The molecule has 0 amide bonds. The Kier molecular flexibility index (Phi) is 2.17. The molecule has 0 radical (unpaired) electrons. The maximum absolute atomic E-state index is 12.9. The number of alkyl halides is 2. The Bertz CT molecular complexity index is 393. The molecule has 1 heterocycles. The van der Waals surface area contributed by atoms with Gasteiger partial charge in [-0.25, -0.2) is 8.78 Å². The van der Waals surface area contributed by atoms with Crippen molar-refractivity contribution in [2.24, 2.45) is 5.73 Å². The number of rotatable bonds is 1. The van der Waals surface area contributed by atoms with Gasteiger partial charge in [0.15, 0.2) is 0 Å². The van der Waals surface area contributed by atoms with E-state index in [-0.39, 0.29) is 12.8 Å². The Hall–Kier alpha value is -0.480. The highest BCUT2D eigenvalue weighted by Gasteiger charge is 2.56. The van der Waals surface area contributed by atoms with E-state index in [1.165, 1.54) is 23.3 Å². The van der Waals surface area contributed by atoms with E-state index < -0.39 is 11.5 Å². The fourth-order valence-electron chi connectivity index (χ4n) is 2.78. The summed E-state index contributed by atoms with van der Waals surface area (Å²) in [6.07, 6.45) is 4.28. The summed E-state index contributed by atoms with van der Waals surface area (Å²) in [5, 5.41) is 0. The van der Waals surface area contributed by atoms with Crippen LogP contribution in [-0.4, -0.2) is 5.92 Å². The van der Waals surface area contributed by atoms with Gasteiger partial charge in [-0.2, -0.15) is 0 Å². The molecule has 1 fully saturated rings. The molecule has 88 valence electrons. The zero-order valence-electron chi connectivity index (χ0n) is 9.06. The van der Waals surface area contributed by atoms with Crippen LogP contribution in [0.2, 0.25) is 0 Å². The summed E-state index contributed by atoms with van der Waals surface area (Å²) in [4.78, 5) is 2.35.